The fraction of sp³-hybridized carbons (Fsp3) is 0.0769. The first-order valence-electron chi connectivity index (χ1n) is 5.21. The molecule has 0 aliphatic rings. The fourth-order valence-corrected chi connectivity index (χ4v) is 1.62. The Morgan fingerprint density at radius 1 is 1.11 bits per heavy atom. The van der Waals surface area contributed by atoms with Crippen LogP contribution in [0.4, 0.5) is 17.6 Å². The molecule has 98 valence electrons. The largest absolute Gasteiger partial charge is 0.417 e. The van der Waals surface area contributed by atoms with Gasteiger partial charge in [-0.3, -0.25) is 9.78 Å². The van der Waals surface area contributed by atoms with E-state index in [4.69, 9.17) is 0 Å². The molecule has 2 aromatic rings. The number of ketones is 1. The van der Waals surface area contributed by atoms with E-state index in [1.807, 2.05) is 0 Å². The second-order valence-electron chi connectivity index (χ2n) is 3.76. The smallest absolute Gasteiger partial charge is 0.289 e. The molecule has 6 heteroatoms. The minimum absolute atomic E-state index is 0.225. The van der Waals surface area contributed by atoms with E-state index >= 15 is 0 Å². The summed E-state index contributed by atoms with van der Waals surface area (Å²) < 4.78 is 51.2. The van der Waals surface area contributed by atoms with Crippen LogP contribution < -0.4 is 0 Å². The normalized spacial score (nSPS) is 11.4. The lowest BCUT2D eigenvalue weighted by atomic mass is 9.99. The van der Waals surface area contributed by atoms with Gasteiger partial charge in [0.15, 0.2) is 5.78 Å². The molecule has 0 spiro atoms. The second kappa shape index (κ2) is 4.79. The molecular formula is C13H7F4NO. The van der Waals surface area contributed by atoms with Gasteiger partial charge >= 0.3 is 6.18 Å². The monoisotopic (exact) mass is 269 g/mol. The van der Waals surface area contributed by atoms with Crippen LogP contribution in [0, 0.1) is 5.82 Å². The Bertz CT molecular complexity index is 622. The number of nitrogens with zero attached hydrogens (tertiary/aromatic N) is 1. The highest BCUT2D eigenvalue weighted by Crippen LogP contribution is 2.32. The van der Waals surface area contributed by atoms with Gasteiger partial charge in [-0.1, -0.05) is 18.2 Å². The molecule has 0 aliphatic heterocycles. The molecule has 0 bridgehead atoms. The van der Waals surface area contributed by atoms with Gasteiger partial charge in [-0.25, -0.2) is 4.39 Å². The van der Waals surface area contributed by atoms with Crippen molar-refractivity contribution in [3.8, 4) is 0 Å². The molecule has 0 N–H and O–H groups in total. The molecule has 0 radical (unpaired) electrons. The first-order valence-corrected chi connectivity index (χ1v) is 5.21. The zero-order valence-electron chi connectivity index (χ0n) is 9.41. The van der Waals surface area contributed by atoms with E-state index < -0.39 is 28.9 Å². The third kappa shape index (κ3) is 2.78. The Kier molecular flexibility index (Phi) is 3.33. The van der Waals surface area contributed by atoms with Gasteiger partial charge in [0.25, 0.3) is 0 Å². The predicted octanol–water partition coefficient (Wildman–Crippen LogP) is 3.47. The van der Waals surface area contributed by atoms with Crippen LogP contribution in [0.15, 0.2) is 42.7 Å². The van der Waals surface area contributed by atoms with E-state index in [0.717, 1.165) is 30.6 Å². The third-order valence-corrected chi connectivity index (χ3v) is 2.44. The first-order chi connectivity index (χ1) is 8.89. The molecule has 1 heterocycles. The topological polar surface area (TPSA) is 30.0 Å². The van der Waals surface area contributed by atoms with Crippen molar-refractivity contribution in [3.63, 3.8) is 0 Å². The second-order valence-corrected chi connectivity index (χ2v) is 3.76. The molecule has 0 saturated carbocycles. The van der Waals surface area contributed by atoms with Crippen molar-refractivity contribution in [2.45, 2.75) is 6.18 Å². The standard InChI is InChI=1S/C13H7F4NO/c14-9-5-8(6-18-7-9)12(19)10-3-1-2-4-11(10)13(15,16)17/h1-7H. The Hall–Kier alpha value is -2.24. The SMILES string of the molecule is O=C(c1cncc(F)c1)c1ccccc1C(F)(F)F. The van der Waals surface area contributed by atoms with Gasteiger partial charge in [-0.15, -0.1) is 0 Å². The van der Waals surface area contributed by atoms with Crippen LogP contribution >= 0.6 is 0 Å². The van der Waals surface area contributed by atoms with Gasteiger partial charge in [-0.05, 0) is 12.1 Å². The van der Waals surface area contributed by atoms with Crippen LogP contribution in [0.2, 0.25) is 0 Å². The zero-order valence-corrected chi connectivity index (χ0v) is 9.41. The van der Waals surface area contributed by atoms with Crippen molar-refractivity contribution >= 4 is 5.78 Å². The van der Waals surface area contributed by atoms with Crippen molar-refractivity contribution in [2.75, 3.05) is 0 Å². The number of aromatic nitrogens is 1. The highest BCUT2D eigenvalue weighted by Gasteiger charge is 2.35. The van der Waals surface area contributed by atoms with Crippen molar-refractivity contribution in [1.82, 2.24) is 4.98 Å². The van der Waals surface area contributed by atoms with E-state index in [-0.39, 0.29) is 5.56 Å². The summed E-state index contributed by atoms with van der Waals surface area (Å²) >= 11 is 0. The number of hydrogen-bond acceptors (Lipinski definition) is 2. The van der Waals surface area contributed by atoms with Crippen molar-refractivity contribution in [3.05, 3.63) is 65.2 Å². The highest BCUT2D eigenvalue weighted by molar-refractivity contribution is 6.09. The molecule has 0 unspecified atom stereocenters. The van der Waals surface area contributed by atoms with Gasteiger partial charge in [0.05, 0.1) is 11.8 Å². The van der Waals surface area contributed by atoms with Crippen LogP contribution in [0.5, 0.6) is 0 Å². The summed E-state index contributed by atoms with van der Waals surface area (Å²) in [5, 5.41) is 0. The minimum Gasteiger partial charge on any atom is -0.289 e. The Balaban J connectivity index is 2.51. The number of halogens is 4. The van der Waals surface area contributed by atoms with Gasteiger partial charge < -0.3 is 0 Å². The highest BCUT2D eigenvalue weighted by atomic mass is 19.4. The maximum Gasteiger partial charge on any atom is 0.417 e. The van der Waals surface area contributed by atoms with E-state index in [0.29, 0.717) is 0 Å². The molecule has 0 aliphatic carbocycles. The summed E-state index contributed by atoms with van der Waals surface area (Å²) in [5.74, 6) is -1.70. The van der Waals surface area contributed by atoms with Gasteiger partial charge in [0.2, 0.25) is 0 Å². The summed E-state index contributed by atoms with van der Waals surface area (Å²) in [6.07, 6.45) is -2.75. The molecule has 0 fully saturated rings. The Morgan fingerprint density at radius 3 is 2.42 bits per heavy atom. The summed E-state index contributed by atoms with van der Waals surface area (Å²) in [6, 6.07) is 5.21. The quantitative estimate of drug-likeness (QED) is 0.617. The third-order valence-electron chi connectivity index (χ3n) is 2.44. The fourth-order valence-electron chi connectivity index (χ4n) is 1.62. The number of carbonyl (C=O) groups excluding carboxylic acids is 1. The summed E-state index contributed by atoms with van der Waals surface area (Å²) in [6.45, 7) is 0. The van der Waals surface area contributed by atoms with Crippen molar-refractivity contribution in [2.24, 2.45) is 0 Å². The maximum absolute atomic E-state index is 12.9. The predicted molar refractivity (Wildman–Crippen MR) is 59.1 cm³/mol. The molecular weight excluding hydrogens is 262 g/mol. The number of hydrogen-bond donors (Lipinski definition) is 0. The first kappa shape index (κ1) is 13.2. The minimum atomic E-state index is -4.65. The number of alkyl halides is 3. The molecule has 0 atom stereocenters. The number of pyridine rings is 1. The summed E-state index contributed by atoms with van der Waals surface area (Å²) in [7, 11) is 0. The van der Waals surface area contributed by atoms with Crippen LogP contribution in [-0.2, 0) is 6.18 Å². The number of carbonyl (C=O) groups is 1. The average Bonchev–Trinajstić information content (AvgIpc) is 2.37. The van der Waals surface area contributed by atoms with E-state index in [1.165, 1.54) is 12.1 Å². The lowest BCUT2D eigenvalue weighted by Gasteiger charge is -2.11. The van der Waals surface area contributed by atoms with E-state index in [9.17, 15) is 22.4 Å². The van der Waals surface area contributed by atoms with E-state index in [2.05, 4.69) is 4.98 Å². The van der Waals surface area contributed by atoms with Gasteiger partial charge in [0.1, 0.15) is 5.82 Å². The van der Waals surface area contributed by atoms with Gasteiger partial charge in [-0.2, -0.15) is 13.2 Å². The maximum atomic E-state index is 12.9. The number of rotatable bonds is 2. The van der Waals surface area contributed by atoms with Crippen LogP contribution in [0.25, 0.3) is 0 Å². The summed E-state index contributed by atoms with van der Waals surface area (Å²) in [4.78, 5) is 15.4. The molecule has 2 rings (SSSR count). The molecule has 0 amide bonds. The van der Waals surface area contributed by atoms with E-state index in [1.54, 1.807) is 0 Å². The Morgan fingerprint density at radius 2 is 1.79 bits per heavy atom. The molecule has 19 heavy (non-hydrogen) atoms. The summed E-state index contributed by atoms with van der Waals surface area (Å²) in [5.41, 5.74) is -1.80. The molecule has 1 aromatic carbocycles. The van der Waals surface area contributed by atoms with Crippen LogP contribution in [0.3, 0.4) is 0 Å². The van der Waals surface area contributed by atoms with Gasteiger partial charge in [0, 0.05) is 17.3 Å². The van der Waals surface area contributed by atoms with Crippen LogP contribution in [-0.4, -0.2) is 10.8 Å². The van der Waals surface area contributed by atoms with Crippen LogP contribution in [0.1, 0.15) is 21.5 Å². The molecule has 1 aromatic heterocycles. The lowest BCUT2D eigenvalue weighted by molar-refractivity contribution is -0.137. The zero-order chi connectivity index (χ0) is 14.0. The Labute approximate surface area is 105 Å². The van der Waals surface area contributed by atoms with Crippen molar-refractivity contribution < 1.29 is 22.4 Å². The van der Waals surface area contributed by atoms with Crippen molar-refractivity contribution in [1.29, 1.82) is 0 Å². The lowest BCUT2D eigenvalue weighted by Crippen LogP contribution is -2.13. The molecule has 2 nitrogen and oxygen atoms in total. The molecule has 0 saturated heterocycles. The average molecular weight is 269 g/mol. The number of benzene rings is 1.